The summed E-state index contributed by atoms with van der Waals surface area (Å²) in [4.78, 5) is 35.6. The smallest absolute Gasteiger partial charge is 0.322 e. The zero-order chi connectivity index (χ0) is 14.9. The van der Waals surface area contributed by atoms with Crippen molar-refractivity contribution in [1.82, 2.24) is 10.4 Å². The van der Waals surface area contributed by atoms with E-state index in [1.165, 1.54) is 0 Å². The van der Waals surface area contributed by atoms with E-state index in [9.17, 15) is 14.4 Å². The van der Waals surface area contributed by atoms with Gasteiger partial charge in [0.1, 0.15) is 12.1 Å². The van der Waals surface area contributed by atoms with E-state index in [-0.39, 0.29) is 6.54 Å². The molecular weight excluding hydrogens is 260 g/mol. The second-order valence-corrected chi connectivity index (χ2v) is 5.41. The van der Waals surface area contributed by atoms with Gasteiger partial charge in [-0.3, -0.25) is 14.4 Å². The average Bonchev–Trinajstić information content (AvgIpc) is 2.59. The van der Waals surface area contributed by atoms with Gasteiger partial charge in [0.2, 0.25) is 0 Å². The minimum absolute atomic E-state index is 0.247. The highest BCUT2D eigenvalue weighted by Gasteiger charge is 2.35. The molecule has 0 aromatic heterocycles. The van der Waals surface area contributed by atoms with E-state index in [1.807, 2.05) is 0 Å². The molecule has 0 atom stereocenters. The molecule has 106 valence electrons. The number of ether oxygens (including phenoxy) is 1. The van der Waals surface area contributed by atoms with Crippen molar-refractivity contribution < 1.29 is 19.1 Å². The fourth-order valence-corrected chi connectivity index (χ4v) is 1.85. The molecular formula is C14H16N2O4. The monoisotopic (exact) mass is 276 g/mol. The van der Waals surface area contributed by atoms with Crippen molar-refractivity contribution in [3.8, 4) is 0 Å². The molecule has 0 unspecified atom stereocenters. The molecule has 0 fully saturated rings. The van der Waals surface area contributed by atoms with Crippen molar-refractivity contribution in [3.05, 3.63) is 35.4 Å². The number of benzene rings is 1. The number of hydrogen-bond donors (Lipinski definition) is 1. The number of hydrogen-bond acceptors (Lipinski definition) is 5. The molecule has 2 amide bonds. The molecule has 1 heterocycles. The normalized spacial score (nSPS) is 14.4. The summed E-state index contributed by atoms with van der Waals surface area (Å²) in [6.45, 7) is 4.98. The van der Waals surface area contributed by atoms with Gasteiger partial charge in [0.25, 0.3) is 11.8 Å². The minimum atomic E-state index is -0.610. The predicted octanol–water partition coefficient (Wildman–Crippen LogP) is 1.13. The van der Waals surface area contributed by atoms with E-state index in [1.54, 1.807) is 45.0 Å². The summed E-state index contributed by atoms with van der Waals surface area (Å²) in [5.41, 5.74) is 2.56. The van der Waals surface area contributed by atoms with Gasteiger partial charge < -0.3 is 4.74 Å². The summed E-state index contributed by atoms with van der Waals surface area (Å²) in [5, 5.41) is 0.842. The summed E-state index contributed by atoms with van der Waals surface area (Å²) >= 11 is 0. The second-order valence-electron chi connectivity index (χ2n) is 5.41. The molecule has 6 nitrogen and oxygen atoms in total. The van der Waals surface area contributed by atoms with Crippen LogP contribution in [0.5, 0.6) is 0 Å². The predicted molar refractivity (Wildman–Crippen MR) is 70.8 cm³/mol. The molecule has 0 saturated heterocycles. The molecule has 1 aliphatic rings. The van der Waals surface area contributed by atoms with Crippen LogP contribution in [0.1, 0.15) is 41.5 Å². The highest BCUT2D eigenvalue weighted by Crippen LogP contribution is 2.20. The van der Waals surface area contributed by atoms with Gasteiger partial charge in [-0.05, 0) is 32.9 Å². The van der Waals surface area contributed by atoms with Gasteiger partial charge >= 0.3 is 5.97 Å². The lowest BCUT2D eigenvalue weighted by molar-refractivity contribution is -0.154. The highest BCUT2D eigenvalue weighted by molar-refractivity contribution is 6.21. The topological polar surface area (TPSA) is 75.7 Å². The van der Waals surface area contributed by atoms with Crippen LogP contribution < -0.4 is 5.43 Å². The number of carbonyl (C=O) groups excluding carboxylic acids is 3. The van der Waals surface area contributed by atoms with Gasteiger partial charge in [-0.1, -0.05) is 12.1 Å². The van der Waals surface area contributed by atoms with Crippen molar-refractivity contribution >= 4 is 17.8 Å². The standard InChI is InChI=1S/C14H16N2O4/c1-14(2,3)20-11(17)8-15-16-12(18)9-6-4-5-7-10(9)13(16)19/h4-7,15H,8H2,1-3H3. The van der Waals surface area contributed by atoms with E-state index in [4.69, 9.17) is 4.74 Å². The Kier molecular flexibility index (Phi) is 3.59. The largest absolute Gasteiger partial charge is 0.459 e. The van der Waals surface area contributed by atoms with Crippen LogP contribution in [-0.2, 0) is 9.53 Å². The second kappa shape index (κ2) is 5.05. The molecule has 0 bridgehead atoms. The third-order valence-electron chi connectivity index (χ3n) is 2.60. The first-order valence-electron chi connectivity index (χ1n) is 6.23. The van der Waals surface area contributed by atoms with Crippen LogP contribution >= 0.6 is 0 Å². The van der Waals surface area contributed by atoms with Gasteiger partial charge in [-0.15, -0.1) is 0 Å². The van der Waals surface area contributed by atoms with Gasteiger partial charge in [0.05, 0.1) is 11.1 Å². The Morgan fingerprint density at radius 2 is 1.65 bits per heavy atom. The van der Waals surface area contributed by atoms with Crippen LogP contribution in [0.3, 0.4) is 0 Å². The zero-order valence-electron chi connectivity index (χ0n) is 11.6. The number of carbonyl (C=O) groups is 3. The van der Waals surface area contributed by atoms with Gasteiger partial charge in [0, 0.05) is 0 Å². The first-order chi connectivity index (χ1) is 9.29. The zero-order valence-corrected chi connectivity index (χ0v) is 11.6. The summed E-state index contributed by atoms with van der Waals surface area (Å²) in [6.07, 6.45) is 0. The van der Waals surface area contributed by atoms with Crippen LogP contribution in [0.2, 0.25) is 0 Å². The van der Waals surface area contributed by atoms with Crippen LogP contribution in [-0.4, -0.2) is 34.9 Å². The average molecular weight is 276 g/mol. The van der Waals surface area contributed by atoms with Crippen LogP contribution in [0.15, 0.2) is 24.3 Å². The molecule has 0 radical (unpaired) electrons. The van der Waals surface area contributed by atoms with E-state index >= 15 is 0 Å². The summed E-state index contributed by atoms with van der Waals surface area (Å²) in [5.74, 6) is -1.46. The van der Waals surface area contributed by atoms with Crippen molar-refractivity contribution in [2.24, 2.45) is 0 Å². The summed E-state index contributed by atoms with van der Waals surface area (Å²) in [7, 11) is 0. The third kappa shape index (κ3) is 2.85. The lowest BCUT2D eigenvalue weighted by Gasteiger charge is -2.21. The quantitative estimate of drug-likeness (QED) is 0.661. The molecule has 2 rings (SSSR count). The summed E-state index contributed by atoms with van der Waals surface area (Å²) in [6, 6.07) is 6.51. The number of amides is 2. The van der Waals surface area contributed by atoms with Gasteiger partial charge in [-0.2, -0.15) is 0 Å². The number of imide groups is 1. The Morgan fingerprint density at radius 1 is 1.15 bits per heavy atom. The molecule has 0 saturated carbocycles. The number of esters is 1. The molecule has 1 N–H and O–H groups in total. The van der Waals surface area contributed by atoms with Crippen molar-refractivity contribution in [3.63, 3.8) is 0 Å². The molecule has 6 heteroatoms. The highest BCUT2D eigenvalue weighted by atomic mass is 16.6. The van der Waals surface area contributed by atoms with E-state index in [0.29, 0.717) is 11.1 Å². The molecule has 0 spiro atoms. The van der Waals surface area contributed by atoms with Crippen molar-refractivity contribution in [1.29, 1.82) is 0 Å². The Hall–Kier alpha value is -2.21. The first kappa shape index (κ1) is 14.2. The maximum Gasteiger partial charge on any atom is 0.322 e. The lowest BCUT2D eigenvalue weighted by Crippen LogP contribution is -2.46. The number of hydrazine groups is 1. The van der Waals surface area contributed by atoms with Gasteiger partial charge in [-0.25, -0.2) is 10.4 Å². The summed E-state index contributed by atoms with van der Waals surface area (Å²) < 4.78 is 5.09. The number of fused-ring (bicyclic) bond motifs is 1. The maximum atomic E-state index is 12.0. The molecule has 20 heavy (non-hydrogen) atoms. The first-order valence-corrected chi connectivity index (χ1v) is 6.23. The molecule has 1 aromatic carbocycles. The van der Waals surface area contributed by atoms with Crippen molar-refractivity contribution in [2.75, 3.05) is 6.54 Å². The number of rotatable bonds is 3. The molecule has 0 aliphatic carbocycles. The SMILES string of the molecule is CC(C)(C)OC(=O)CNN1C(=O)c2ccccc2C1=O. The van der Waals surface area contributed by atoms with Crippen LogP contribution in [0.4, 0.5) is 0 Å². The van der Waals surface area contributed by atoms with Crippen molar-refractivity contribution in [2.45, 2.75) is 26.4 Å². The minimum Gasteiger partial charge on any atom is -0.459 e. The van der Waals surface area contributed by atoms with E-state index < -0.39 is 23.4 Å². The van der Waals surface area contributed by atoms with E-state index in [2.05, 4.69) is 5.43 Å². The number of nitrogens with one attached hydrogen (secondary N) is 1. The molecule has 1 aromatic rings. The third-order valence-corrected chi connectivity index (χ3v) is 2.60. The Bertz CT molecular complexity index is 540. The fraction of sp³-hybridized carbons (Fsp3) is 0.357. The van der Waals surface area contributed by atoms with Gasteiger partial charge in [0.15, 0.2) is 0 Å². The van der Waals surface area contributed by atoms with E-state index in [0.717, 1.165) is 5.01 Å². The van der Waals surface area contributed by atoms with Crippen LogP contribution in [0, 0.1) is 0 Å². The Balaban J connectivity index is 2.01. The Labute approximate surface area is 116 Å². The number of nitrogens with zero attached hydrogens (tertiary/aromatic N) is 1. The lowest BCUT2D eigenvalue weighted by atomic mass is 10.1. The fourth-order valence-electron chi connectivity index (χ4n) is 1.85. The molecule has 1 aliphatic heterocycles. The van der Waals surface area contributed by atoms with Crippen LogP contribution in [0.25, 0.3) is 0 Å². The maximum absolute atomic E-state index is 12.0. The Morgan fingerprint density at radius 3 is 2.10 bits per heavy atom.